The van der Waals surface area contributed by atoms with Gasteiger partial charge in [0.1, 0.15) is 0 Å². The first-order valence-corrected chi connectivity index (χ1v) is 11.2. The van der Waals surface area contributed by atoms with Crippen LogP contribution in [0.1, 0.15) is 21.5 Å². The molecule has 9 heteroatoms. The summed E-state index contributed by atoms with van der Waals surface area (Å²) in [6.07, 6.45) is 3.40. The summed E-state index contributed by atoms with van der Waals surface area (Å²) < 4.78 is 1.92. The molecule has 0 fully saturated rings. The van der Waals surface area contributed by atoms with Gasteiger partial charge in [0, 0.05) is 23.5 Å². The van der Waals surface area contributed by atoms with Crippen LogP contribution in [0.5, 0.6) is 0 Å². The number of carbonyl (C=O) groups is 2. The third-order valence-corrected chi connectivity index (χ3v) is 5.93. The highest BCUT2D eigenvalue weighted by Gasteiger charge is 2.18. The maximum absolute atomic E-state index is 12.4. The van der Waals surface area contributed by atoms with Crippen LogP contribution in [0.15, 0.2) is 78.2 Å². The summed E-state index contributed by atoms with van der Waals surface area (Å²) in [5.74, 6) is -0.0356. The normalized spacial score (nSPS) is 10.6. The number of aromatic nitrogens is 4. The molecule has 0 bridgehead atoms. The van der Waals surface area contributed by atoms with Gasteiger partial charge in [-0.25, -0.2) is 0 Å². The molecule has 0 aliphatic rings. The number of hydrazine groups is 1. The van der Waals surface area contributed by atoms with Crippen LogP contribution in [0.2, 0.25) is 0 Å². The van der Waals surface area contributed by atoms with Crippen molar-refractivity contribution in [1.29, 1.82) is 0 Å². The summed E-state index contributed by atoms with van der Waals surface area (Å²) >= 11 is 1.23. The van der Waals surface area contributed by atoms with Crippen molar-refractivity contribution in [2.24, 2.45) is 0 Å². The van der Waals surface area contributed by atoms with Gasteiger partial charge in [0.15, 0.2) is 11.0 Å². The van der Waals surface area contributed by atoms with E-state index in [0.717, 1.165) is 16.8 Å². The first-order chi connectivity index (χ1) is 16.0. The molecule has 0 spiro atoms. The van der Waals surface area contributed by atoms with E-state index in [9.17, 15) is 9.59 Å². The molecule has 4 aromatic rings. The Morgan fingerprint density at radius 2 is 1.67 bits per heavy atom. The number of aryl methyl sites for hydroxylation is 2. The van der Waals surface area contributed by atoms with Crippen molar-refractivity contribution in [3.63, 3.8) is 0 Å². The highest BCUT2D eigenvalue weighted by molar-refractivity contribution is 7.99. The van der Waals surface area contributed by atoms with Crippen LogP contribution < -0.4 is 10.9 Å². The van der Waals surface area contributed by atoms with Crippen LogP contribution in [-0.2, 0) is 4.79 Å². The Kier molecular flexibility index (Phi) is 6.80. The predicted molar refractivity (Wildman–Crippen MR) is 127 cm³/mol. The smallest absolute Gasteiger partial charge is 0.269 e. The summed E-state index contributed by atoms with van der Waals surface area (Å²) in [6, 6.07) is 18.5. The number of hydrogen-bond acceptors (Lipinski definition) is 6. The lowest BCUT2D eigenvalue weighted by molar-refractivity contribution is -0.119. The molecule has 0 atom stereocenters. The zero-order valence-corrected chi connectivity index (χ0v) is 19.0. The zero-order valence-electron chi connectivity index (χ0n) is 18.1. The highest BCUT2D eigenvalue weighted by Crippen LogP contribution is 2.28. The second-order valence-electron chi connectivity index (χ2n) is 7.30. The first kappa shape index (κ1) is 22.2. The van der Waals surface area contributed by atoms with Crippen molar-refractivity contribution in [1.82, 2.24) is 30.6 Å². The molecular weight excluding hydrogens is 436 g/mol. The molecule has 2 aromatic carbocycles. The van der Waals surface area contributed by atoms with Gasteiger partial charge >= 0.3 is 0 Å². The van der Waals surface area contributed by atoms with Gasteiger partial charge < -0.3 is 0 Å². The van der Waals surface area contributed by atoms with Gasteiger partial charge in [-0.05, 0) is 61.4 Å². The average Bonchev–Trinajstić information content (AvgIpc) is 3.28. The van der Waals surface area contributed by atoms with E-state index in [0.29, 0.717) is 16.5 Å². The Bertz CT molecular complexity index is 1270. The van der Waals surface area contributed by atoms with Crippen molar-refractivity contribution < 1.29 is 9.59 Å². The van der Waals surface area contributed by atoms with E-state index in [4.69, 9.17) is 0 Å². The lowest BCUT2D eigenvalue weighted by atomic mass is 10.1. The topological polar surface area (TPSA) is 102 Å². The van der Waals surface area contributed by atoms with Crippen molar-refractivity contribution in [3.05, 3.63) is 89.7 Å². The molecule has 0 radical (unpaired) electrons. The Morgan fingerprint density at radius 3 is 2.39 bits per heavy atom. The molecule has 166 valence electrons. The fourth-order valence-electron chi connectivity index (χ4n) is 3.10. The molecule has 8 nitrogen and oxygen atoms in total. The van der Waals surface area contributed by atoms with E-state index in [2.05, 4.69) is 39.0 Å². The summed E-state index contributed by atoms with van der Waals surface area (Å²) in [6.45, 7) is 4.10. The average molecular weight is 459 g/mol. The van der Waals surface area contributed by atoms with Crippen LogP contribution in [0, 0.1) is 13.8 Å². The minimum absolute atomic E-state index is 0.0500. The molecule has 2 heterocycles. The molecule has 0 saturated heterocycles. The third-order valence-electron chi connectivity index (χ3n) is 5.00. The summed E-state index contributed by atoms with van der Waals surface area (Å²) in [5.41, 5.74) is 9.41. The van der Waals surface area contributed by atoms with Crippen molar-refractivity contribution in [2.75, 3.05) is 5.75 Å². The van der Waals surface area contributed by atoms with Crippen LogP contribution in [0.4, 0.5) is 0 Å². The van der Waals surface area contributed by atoms with Crippen molar-refractivity contribution >= 4 is 23.6 Å². The van der Waals surface area contributed by atoms with E-state index >= 15 is 0 Å². The Labute approximate surface area is 195 Å². The molecule has 0 saturated carbocycles. The standard InChI is InChI=1S/C24H22N6O2S/c1-16-8-9-20(14-17(16)2)30-22(18-10-12-25-13-11-18)27-29-24(30)33-15-21(31)26-28-23(32)19-6-4-3-5-7-19/h3-14H,15H2,1-2H3,(H,26,31)(H,28,32). The van der Waals surface area contributed by atoms with E-state index in [1.54, 1.807) is 36.7 Å². The van der Waals surface area contributed by atoms with E-state index < -0.39 is 0 Å². The number of nitrogens with zero attached hydrogens (tertiary/aromatic N) is 4. The fourth-order valence-corrected chi connectivity index (χ4v) is 3.86. The third kappa shape index (κ3) is 5.27. The van der Waals surface area contributed by atoms with Crippen LogP contribution >= 0.6 is 11.8 Å². The van der Waals surface area contributed by atoms with E-state index in [-0.39, 0.29) is 17.6 Å². The number of rotatable bonds is 6. The number of thioether (sulfide) groups is 1. The summed E-state index contributed by atoms with van der Waals surface area (Å²) in [7, 11) is 0. The van der Waals surface area contributed by atoms with Crippen molar-refractivity contribution in [2.45, 2.75) is 19.0 Å². The lowest BCUT2D eigenvalue weighted by Crippen LogP contribution is -2.42. The molecule has 33 heavy (non-hydrogen) atoms. The van der Waals surface area contributed by atoms with E-state index in [1.807, 2.05) is 41.8 Å². The lowest BCUT2D eigenvalue weighted by Gasteiger charge is -2.12. The first-order valence-electron chi connectivity index (χ1n) is 10.2. The van der Waals surface area contributed by atoms with Gasteiger partial charge in [-0.3, -0.25) is 30.0 Å². The molecule has 0 unspecified atom stereocenters. The van der Waals surface area contributed by atoms with Gasteiger partial charge in [0.2, 0.25) is 5.91 Å². The summed E-state index contributed by atoms with van der Waals surface area (Å²) in [5, 5.41) is 9.26. The van der Waals surface area contributed by atoms with Gasteiger partial charge in [-0.15, -0.1) is 10.2 Å². The zero-order chi connectivity index (χ0) is 23.2. The van der Waals surface area contributed by atoms with Crippen LogP contribution in [-0.4, -0.2) is 37.3 Å². The molecule has 2 aromatic heterocycles. The second kappa shape index (κ2) is 10.1. The number of nitrogens with one attached hydrogen (secondary N) is 2. The molecule has 0 aliphatic heterocycles. The quantitative estimate of drug-likeness (QED) is 0.339. The summed E-state index contributed by atoms with van der Waals surface area (Å²) in [4.78, 5) is 28.6. The molecule has 4 rings (SSSR count). The number of amides is 2. The highest BCUT2D eigenvalue weighted by atomic mass is 32.2. The number of benzene rings is 2. The number of pyridine rings is 1. The monoisotopic (exact) mass is 458 g/mol. The SMILES string of the molecule is Cc1ccc(-n2c(SCC(=O)NNC(=O)c3ccccc3)nnc2-c2ccncc2)cc1C. The van der Waals surface area contributed by atoms with Gasteiger partial charge in [0.25, 0.3) is 5.91 Å². The van der Waals surface area contributed by atoms with Gasteiger partial charge in [-0.1, -0.05) is 36.0 Å². The van der Waals surface area contributed by atoms with Crippen LogP contribution in [0.25, 0.3) is 17.1 Å². The minimum atomic E-state index is -0.382. The molecule has 2 N–H and O–H groups in total. The fraction of sp³-hybridized carbons (Fsp3) is 0.125. The Morgan fingerprint density at radius 1 is 0.909 bits per heavy atom. The minimum Gasteiger partial charge on any atom is -0.272 e. The maximum atomic E-state index is 12.4. The van der Waals surface area contributed by atoms with Gasteiger partial charge in [-0.2, -0.15) is 0 Å². The Hall–Kier alpha value is -3.98. The number of carbonyl (C=O) groups excluding carboxylic acids is 2. The van der Waals surface area contributed by atoms with E-state index in [1.165, 1.54) is 17.3 Å². The molecular formula is C24H22N6O2S. The van der Waals surface area contributed by atoms with Crippen LogP contribution in [0.3, 0.4) is 0 Å². The second-order valence-corrected chi connectivity index (χ2v) is 8.25. The van der Waals surface area contributed by atoms with Gasteiger partial charge in [0.05, 0.1) is 11.4 Å². The largest absolute Gasteiger partial charge is 0.272 e. The molecule has 0 aliphatic carbocycles. The number of hydrogen-bond donors (Lipinski definition) is 2. The maximum Gasteiger partial charge on any atom is 0.269 e. The Balaban J connectivity index is 1.51. The predicted octanol–water partition coefficient (Wildman–Crippen LogP) is 3.50. The van der Waals surface area contributed by atoms with Crippen molar-refractivity contribution in [3.8, 4) is 17.1 Å². The molecule has 2 amide bonds.